The van der Waals surface area contributed by atoms with E-state index in [1.807, 2.05) is 61.5 Å². The van der Waals surface area contributed by atoms with Crippen LogP contribution in [0.25, 0.3) is 16.8 Å². The minimum absolute atomic E-state index is 0.142. The van der Waals surface area contributed by atoms with Gasteiger partial charge < -0.3 is 4.74 Å². The van der Waals surface area contributed by atoms with Gasteiger partial charge in [0.05, 0.1) is 17.0 Å². The van der Waals surface area contributed by atoms with Crippen LogP contribution >= 0.6 is 0 Å². The normalized spacial score (nSPS) is 14.7. The van der Waals surface area contributed by atoms with Gasteiger partial charge in [-0.1, -0.05) is 78.4 Å². The van der Waals surface area contributed by atoms with E-state index in [0.29, 0.717) is 17.9 Å². The zero-order valence-corrected chi connectivity index (χ0v) is 18.7. The smallest absolute Gasteiger partial charge is 0.280 e. The number of nitrogens with zero attached hydrogens (tertiary/aromatic N) is 2. The van der Waals surface area contributed by atoms with E-state index in [4.69, 9.17) is 4.74 Å². The Labute approximate surface area is 193 Å². The molecule has 0 unspecified atom stereocenters. The van der Waals surface area contributed by atoms with Crippen LogP contribution in [-0.2, 0) is 11.4 Å². The van der Waals surface area contributed by atoms with Gasteiger partial charge in [-0.05, 0) is 54.5 Å². The number of hydrazone groups is 1. The average Bonchev–Trinajstić information content (AvgIpc) is 3.13. The van der Waals surface area contributed by atoms with Gasteiger partial charge in [-0.25, -0.2) is 0 Å². The van der Waals surface area contributed by atoms with Crippen molar-refractivity contribution in [2.24, 2.45) is 5.10 Å². The first-order valence-electron chi connectivity index (χ1n) is 11.0. The quantitative estimate of drug-likeness (QED) is 0.336. The molecule has 4 heteroatoms. The van der Waals surface area contributed by atoms with E-state index in [1.54, 1.807) is 0 Å². The van der Waals surface area contributed by atoms with Crippen molar-refractivity contribution in [3.8, 4) is 5.75 Å². The molecule has 0 N–H and O–H groups in total. The third-order valence-corrected chi connectivity index (χ3v) is 5.80. The number of aryl methyl sites for hydroxylation is 1. The number of para-hydroxylation sites is 1. The lowest BCUT2D eigenvalue weighted by molar-refractivity contribution is -0.114. The van der Waals surface area contributed by atoms with E-state index in [-0.39, 0.29) is 5.91 Å². The summed E-state index contributed by atoms with van der Waals surface area (Å²) in [5.74, 6) is 0.594. The van der Waals surface area contributed by atoms with Crippen molar-refractivity contribution >= 4 is 34.2 Å². The fourth-order valence-corrected chi connectivity index (χ4v) is 3.97. The van der Waals surface area contributed by atoms with Gasteiger partial charge in [-0.3, -0.25) is 4.79 Å². The predicted octanol–water partition coefficient (Wildman–Crippen LogP) is 6.53. The number of hydrogen-bond acceptors (Lipinski definition) is 3. The van der Waals surface area contributed by atoms with Crippen LogP contribution in [0.5, 0.6) is 5.75 Å². The van der Waals surface area contributed by atoms with Crippen LogP contribution in [0.1, 0.15) is 23.6 Å². The molecule has 33 heavy (non-hydrogen) atoms. The van der Waals surface area contributed by atoms with E-state index >= 15 is 0 Å². The number of ether oxygens (including phenoxy) is 1. The molecule has 4 aromatic carbocycles. The van der Waals surface area contributed by atoms with Gasteiger partial charge in [0.2, 0.25) is 0 Å². The lowest BCUT2D eigenvalue weighted by Gasteiger charge is -2.14. The molecule has 4 nitrogen and oxygen atoms in total. The van der Waals surface area contributed by atoms with Crippen LogP contribution in [-0.4, -0.2) is 11.6 Å². The number of fused-ring (bicyclic) bond motifs is 1. The first-order chi connectivity index (χ1) is 16.1. The number of amides is 1. The second-order valence-electron chi connectivity index (χ2n) is 8.17. The molecule has 0 radical (unpaired) electrons. The highest BCUT2D eigenvalue weighted by Crippen LogP contribution is 2.33. The predicted molar refractivity (Wildman–Crippen MR) is 134 cm³/mol. The van der Waals surface area contributed by atoms with Crippen molar-refractivity contribution < 1.29 is 9.53 Å². The summed E-state index contributed by atoms with van der Waals surface area (Å²) < 4.78 is 6.25. The topological polar surface area (TPSA) is 41.9 Å². The van der Waals surface area contributed by atoms with Gasteiger partial charge in [0.25, 0.3) is 5.91 Å². The molecule has 1 amide bonds. The van der Waals surface area contributed by atoms with Crippen LogP contribution in [0.2, 0.25) is 0 Å². The summed E-state index contributed by atoms with van der Waals surface area (Å²) in [6, 6.07) is 29.9. The maximum absolute atomic E-state index is 13.3. The molecule has 1 heterocycles. The molecule has 0 aromatic heterocycles. The molecule has 0 saturated carbocycles. The molecule has 5 rings (SSSR count). The fourth-order valence-electron chi connectivity index (χ4n) is 3.97. The standard InChI is InChI=1S/C29H24N2O2/c1-20-12-14-22(15-13-20)19-33-28-17-16-23-8-6-7-11-25(23)27(28)18-26-21(2)30-31(29(26)32)24-9-4-3-5-10-24/h3-18H,19H2,1-2H3/b26-18+. The molecule has 4 aromatic rings. The number of carbonyl (C=O) groups excluding carboxylic acids is 1. The highest BCUT2D eigenvalue weighted by atomic mass is 16.5. The van der Waals surface area contributed by atoms with Gasteiger partial charge in [-0.2, -0.15) is 10.1 Å². The summed E-state index contributed by atoms with van der Waals surface area (Å²) in [5.41, 5.74) is 5.19. The van der Waals surface area contributed by atoms with E-state index in [2.05, 4.69) is 54.5 Å². The van der Waals surface area contributed by atoms with Crippen molar-refractivity contribution in [2.75, 3.05) is 5.01 Å². The van der Waals surface area contributed by atoms with E-state index in [9.17, 15) is 4.79 Å². The maximum atomic E-state index is 13.3. The highest BCUT2D eigenvalue weighted by molar-refractivity contribution is 6.32. The van der Waals surface area contributed by atoms with Crippen LogP contribution in [0, 0.1) is 6.92 Å². The van der Waals surface area contributed by atoms with Crippen molar-refractivity contribution in [3.05, 3.63) is 113 Å². The Morgan fingerprint density at radius 2 is 1.58 bits per heavy atom. The third kappa shape index (κ3) is 4.15. The summed E-state index contributed by atoms with van der Waals surface area (Å²) in [4.78, 5) is 13.3. The molecule has 0 aliphatic carbocycles. The Bertz CT molecular complexity index is 1390. The van der Waals surface area contributed by atoms with Gasteiger partial charge in [0.1, 0.15) is 12.4 Å². The molecule has 0 saturated heterocycles. The lowest BCUT2D eigenvalue weighted by Crippen LogP contribution is -2.21. The lowest BCUT2D eigenvalue weighted by atomic mass is 9.99. The highest BCUT2D eigenvalue weighted by Gasteiger charge is 2.29. The maximum Gasteiger partial charge on any atom is 0.280 e. The summed E-state index contributed by atoms with van der Waals surface area (Å²) in [6.45, 7) is 4.38. The van der Waals surface area contributed by atoms with Crippen molar-refractivity contribution in [1.82, 2.24) is 0 Å². The summed E-state index contributed by atoms with van der Waals surface area (Å²) in [5, 5.41) is 8.10. The van der Waals surface area contributed by atoms with Crippen molar-refractivity contribution in [3.63, 3.8) is 0 Å². The summed E-state index contributed by atoms with van der Waals surface area (Å²) >= 11 is 0. The van der Waals surface area contributed by atoms with Gasteiger partial charge in [0.15, 0.2) is 0 Å². The van der Waals surface area contributed by atoms with Crippen LogP contribution < -0.4 is 9.75 Å². The molecule has 0 spiro atoms. The molecule has 0 atom stereocenters. The van der Waals surface area contributed by atoms with Crippen LogP contribution in [0.4, 0.5) is 5.69 Å². The first-order valence-corrected chi connectivity index (χ1v) is 11.0. The average molecular weight is 433 g/mol. The SMILES string of the molecule is CC1=NN(c2ccccc2)C(=O)/C1=C/c1c(OCc2ccc(C)cc2)ccc2ccccc12. The Balaban J connectivity index is 1.54. The van der Waals surface area contributed by atoms with Gasteiger partial charge >= 0.3 is 0 Å². The number of rotatable bonds is 5. The number of hydrogen-bond donors (Lipinski definition) is 0. The largest absolute Gasteiger partial charge is 0.488 e. The summed E-state index contributed by atoms with van der Waals surface area (Å²) in [6.07, 6.45) is 1.91. The number of benzene rings is 4. The van der Waals surface area contributed by atoms with Gasteiger partial charge in [-0.15, -0.1) is 0 Å². The zero-order valence-electron chi connectivity index (χ0n) is 18.7. The monoisotopic (exact) mass is 432 g/mol. The van der Waals surface area contributed by atoms with Crippen molar-refractivity contribution in [2.45, 2.75) is 20.5 Å². The Morgan fingerprint density at radius 1 is 0.848 bits per heavy atom. The Hall–Kier alpha value is -4.18. The summed E-state index contributed by atoms with van der Waals surface area (Å²) in [7, 11) is 0. The molecule has 0 bridgehead atoms. The molecule has 162 valence electrons. The minimum atomic E-state index is -0.142. The first kappa shape index (κ1) is 20.7. The van der Waals surface area contributed by atoms with Gasteiger partial charge in [0, 0.05) is 5.56 Å². The second-order valence-corrected chi connectivity index (χ2v) is 8.17. The molecule has 1 aliphatic rings. The third-order valence-electron chi connectivity index (χ3n) is 5.80. The number of anilines is 1. The van der Waals surface area contributed by atoms with E-state index < -0.39 is 0 Å². The zero-order chi connectivity index (χ0) is 22.8. The second kappa shape index (κ2) is 8.75. The van der Waals surface area contributed by atoms with Crippen LogP contribution in [0.3, 0.4) is 0 Å². The van der Waals surface area contributed by atoms with E-state index in [1.165, 1.54) is 10.6 Å². The Kier molecular flexibility index (Phi) is 5.49. The Morgan fingerprint density at radius 3 is 2.36 bits per heavy atom. The van der Waals surface area contributed by atoms with E-state index in [0.717, 1.165) is 33.3 Å². The number of carbonyl (C=O) groups is 1. The molecule has 0 fully saturated rings. The van der Waals surface area contributed by atoms with Crippen LogP contribution in [0.15, 0.2) is 102 Å². The minimum Gasteiger partial charge on any atom is -0.488 e. The fraction of sp³-hybridized carbons (Fsp3) is 0.103. The molecule has 1 aliphatic heterocycles. The molecular weight excluding hydrogens is 408 g/mol. The molecular formula is C29H24N2O2. The van der Waals surface area contributed by atoms with Crippen molar-refractivity contribution in [1.29, 1.82) is 0 Å².